The highest BCUT2D eigenvalue weighted by Gasteiger charge is 2.27. The third-order valence-electron chi connectivity index (χ3n) is 7.98. The second-order valence-electron chi connectivity index (χ2n) is 10.6. The van der Waals surface area contributed by atoms with E-state index < -0.39 is 5.97 Å². The van der Waals surface area contributed by atoms with E-state index in [0.717, 1.165) is 79.4 Å². The second-order valence-corrected chi connectivity index (χ2v) is 10.6. The Morgan fingerprint density at radius 3 is 2.43 bits per heavy atom. The molecule has 2 amide bonds. The van der Waals surface area contributed by atoms with E-state index in [1.807, 2.05) is 42.0 Å². The van der Waals surface area contributed by atoms with Crippen LogP contribution in [-0.2, 0) is 17.8 Å². The second kappa shape index (κ2) is 11.9. The number of nitrogens with two attached hydrogens (primary N) is 2. The Balaban J connectivity index is 1.72. The summed E-state index contributed by atoms with van der Waals surface area (Å²) >= 11 is 0. The zero-order chi connectivity index (χ0) is 26.5. The summed E-state index contributed by atoms with van der Waals surface area (Å²) in [5.74, 6) is 5.17. The van der Waals surface area contributed by atoms with Crippen molar-refractivity contribution in [2.45, 2.75) is 70.8 Å². The molecule has 8 heteroatoms. The van der Waals surface area contributed by atoms with Crippen LogP contribution >= 0.6 is 0 Å². The van der Waals surface area contributed by atoms with Crippen LogP contribution in [0, 0.1) is 6.92 Å². The van der Waals surface area contributed by atoms with Crippen LogP contribution in [0.5, 0.6) is 0 Å². The standard InChI is InChI=1S/C29H41N5O3/c1-20-24-11-12-26(28(20)30)34(31)15-8-6-4-3-5-7-14-32(2)29(37)33-16-13-21-9-10-22(17-23(21)19-33)25(24)18-27(35)36/h9-12,17,25H,3-8,13-16,18-19,30-31H2,1-2H3,(H,35,36). The minimum atomic E-state index is -0.867. The van der Waals surface area contributed by atoms with Crippen LogP contribution in [0.1, 0.15) is 78.7 Å². The summed E-state index contributed by atoms with van der Waals surface area (Å²) in [6, 6.07) is 10.2. The number of nitrogens with zero attached hydrogens (tertiary/aromatic N) is 3. The van der Waals surface area contributed by atoms with Crippen molar-refractivity contribution in [1.29, 1.82) is 0 Å². The molecule has 5 rings (SSSR count). The highest BCUT2D eigenvalue weighted by molar-refractivity contribution is 5.75. The van der Waals surface area contributed by atoms with Gasteiger partial charge in [0.05, 0.1) is 17.8 Å². The lowest BCUT2D eigenvalue weighted by Gasteiger charge is -2.33. The Hall–Kier alpha value is -3.26. The molecule has 0 aliphatic carbocycles. The van der Waals surface area contributed by atoms with Gasteiger partial charge in [0, 0.05) is 39.1 Å². The highest BCUT2D eigenvalue weighted by Crippen LogP contribution is 2.37. The number of fused-ring (bicyclic) bond motifs is 12. The maximum Gasteiger partial charge on any atom is 0.320 e. The molecule has 3 aliphatic heterocycles. The number of carboxylic acid groups (broad SMARTS) is 1. The number of rotatable bonds is 2. The number of urea groups is 1. The van der Waals surface area contributed by atoms with E-state index in [2.05, 4.69) is 12.1 Å². The third kappa shape index (κ3) is 6.18. The van der Waals surface area contributed by atoms with E-state index in [1.54, 1.807) is 5.01 Å². The molecule has 3 heterocycles. The summed E-state index contributed by atoms with van der Waals surface area (Å²) in [7, 11) is 1.89. The molecular weight excluding hydrogens is 466 g/mol. The first kappa shape index (κ1) is 26.8. The van der Waals surface area contributed by atoms with Crippen molar-refractivity contribution in [3.05, 3.63) is 58.1 Å². The van der Waals surface area contributed by atoms with Gasteiger partial charge in [0.2, 0.25) is 0 Å². The fourth-order valence-corrected chi connectivity index (χ4v) is 5.69. The van der Waals surface area contributed by atoms with Crippen LogP contribution in [0.25, 0.3) is 0 Å². The Kier molecular flexibility index (Phi) is 8.59. The zero-order valence-corrected chi connectivity index (χ0v) is 22.2. The molecule has 1 atom stereocenters. The molecule has 0 fully saturated rings. The van der Waals surface area contributed by atoms with Gasteiger partial charge in [0.1, 0.15) is 0 Å². The first-order valence-corrected chi connectivity index (χ1v) is 13.5. The number of hydrazine groups is 1. The van der Waals surface area contributed by atoms with Gasteiger partial charge in [-0.25, -0.2) is 10.6 Å². The average Bonchev–Trinajstić information content (AvgIpc) is 2.88. The fraction of sp³-hybridized carbons (Fsp3) is 0.517. The maximum absolute atomic E-state index is 13.2. The van der Waals surface area contributed by atoms with Crippen molar-refractivity contribution in [3.63, 3.8) is 0 Å². The molecule has 0 spiro atoms. The van der Waals surface area contributed by atoms with Crippen molar-refractivity contribution in [2.24, 2.45) is 5.84 Å². The molecule has 0 radical (unpaired) electrons. The van der Waals surface area contributed by atoms with Crippen molar-refractivity contribution < 1.29 is 14.7 Å². The molecule has 2 aromatic rings. The molecule has 0 saturated carbocycles. The van der Waals surface area contributed by atoms with E-state index in [9.17, 15) is 14.7 Å². The highest BCUT2D eigenvalue weighted by atomic mass is 16.4. The summed E-state index contributed by atoms with van der Waals surface area (Å²) in [6.45, 7) is 4.64. The fourth-order valence-electron chi connectivity index (χ4n) is 5.69. The number of benzene rings is 2. The van der Waals surface area contributed by atoms with E-state index >= 15 is 0 Å². The minimum absolute atomic E-state index is 0.0455. The predicted octanol–water partition coefficient (Wildman–Crippen LogP) is 4.63. The molecule has 5 N–H and O–H groups in total. The van der Waals surface area contributed by atoms with Crippen molar-refractivity contribution in [2.75, 3.05) is 37.4 Å². The molecule has 1 unspecified atom stereocenters. The molecule has 0 aromatic heterocycles. The molecule has 200 valence electrons. The van der Waals surface area contributed by atoms with Crippen molar-refractivity contribution >= 4 is 23.4 Å². The van der Waals surface area contributed by atoms with Crippen LogP contribution in [0.2, 0.25) is 0 Å². The van der Waals surface area contributed by atoms with Gasteiger partial charge in [-0.15, -0.1) is 0 Å². The van der Waals surface area contributed by atoms with Gasteiger partial charge in [-0.05, 0) is 60.1 Å². The Bertz CT molecular complexity index is 1130. The van der Waals surface area contributed by atoms with Crippen molar-refractivity contribution in [1.82, 2.24) is 9.80 Å². The van der Waals surface area contributed by atoms with Gasteiger partial charge in [0.15, 0.2) is 0 Å². The summed E-state index contributed by atoms with van der Waals surface area (Å²) < 4.78 is 0. The lowest BCUT2D eigenvalue weighted by Crippen LogP contribution is -2.44. The smallest absolute Gasteiger partial charge is 0.320 e. The first-order valence-electron chi connectivity index (χ1n) is 13.5. The number of nitrogen functional groups attached to an aromatic ring is 1. The number of carbonyl (C=O) groups excluding carboxylic acids is 1. The number of hydrogen-bond acceptors (Lipinski definition) is 5. The molecule has 2 aromatic carbocycles. The van der Waals surface area contributed by atoms with Crippen LogP contribution in [0.15, 0.2) is 30.3 Å². The molecular formula is C29H41N5O3. The Labute approximate surface area is 220 Å². The van der Waals surface area contributed by atoms with Gasteiger partial charge < -0.3 is 25.6 Å². The molecule has 0 saturated heterocycles. The topological polar surface area (TPSA) is 116 Å². The monoisotopic (exact) mass is 507 g/mol. The maximum atomic E-state index is 13.2. The summed E-state index contributed by atoms with van der Waals surface area (Å²) in [4.78, 5) is 28.8. The van der Waals surface area contributed by atoms with Crippen LogP contribution in [0.3, 0.4) is 0 Å². The van der Waals surface area contributed by atoms with Gasteiger partial charge in [-0.2, -0.15) is 0 Å². The van der Waals surface area contributed by atoms with Crippen LogP contribution in [0.4, 0.5) is 16.2 Å². The normalized spacial score (nSPS) is 19.7. The molecule has 3 aliphatic rings. The summed E-state index contributed by atoms with van der Waals surface area (Å²) in [5.41, 5.74) is 12.9. The third-order valence-corrected chi connectivity index (χ3v) is 7.98. The first-order chi connectivity index (χ1) is 17.8. The SMILES string of the molecule is Cc1c2ccc(c1N)N(N)CCCCCCCCN(C)C(=O)N1CCc3ccc(cc3C1)C2CC(=O)O. The van der Waals surface area contributed by atoms with Crippen LogP contribution < -0.4 is 16.6 Å². The summed E-state index contributed by atoms with van der Waals surface area (Å²) in [6.07, 6.45) is 7.20. The van der Waals surface area contributed by atoms with Gasteiger partial charge in [-0.3, -0.25) is 4.79 Å². The number of amides is 2. The molecule has 37 heavy (non-hydrogen) atoms. The van der Waals surface area contributed by atoms with E-state index in [0.29, 0.717) is 25.3 Å². The average molecular weight is 508 g/mol. The molecule has 5 bridgehead atoms. The number of carboxylic acids is 1. The number of carbonyl (C=O) groups is 2. The quantitative estimate of drug-likeness (QED) is 0.403. The van der Waals surface area contributed by atoms with Crippen LogP contribution in [-0.4, -0.2) is 53.6 Å². The van der Waals surface area contributed by atoms with E-state index in [-0.39, 0.29) is 18.4 Å². The molecule has 8 nitrogen and oxygen atoms in total. The minimum Gasteiger partial charge on any atom is -0.481 e. The predicted molar refractivity (Wildman–Crippen MR) is 148 cm³/mol. The van der Waals surface area contributed by atoms with E-state index in [1.165, 1.54) is 5.56 Å². The van der Waals surface area contributed by atoms with Crippen molar-refractivity contribution in [3.8, 4) is 0 Å². The van der Waals surface area contributed by atoms with Gasteiger partial charge in [-0.1, -0.05) is 49.9 Å². The number of hydrogen-bond donors (Lipinski definition) is 3. The Morgan fingerprint density at radius 2 is 1.70 bits per heavy atom. The lowest BCUT2D eigenvalue weighted by atomic mass is 9.83. The zero-order valence-electron chi connectivity index (χ0n) is 22.2. The van der Waals surface area contributed by atoms with E-state index in [4.69, 9.17) is 11.6 Å². The summed E-state index contributed by atoms with van der Waals surface area (Å²) in [5, 5.41) is 11.5. The Morgan fingerprint density at radius 1 is 1.00 bits per heavy atom. The van der Waals surface area contributed by atoms with Gasteiger partial charge in [0.25, 0.3) is 0 Å². The number of aliphatic carboxylic acids is 1. The largest absolute Gasteiger partial charge is 0.481 e. The lowest BCUT2D eigenvalue weighted by molar-refractivity contribution is -0.137. The number of anilines is 2. The van der Waals surface area contributed by atoms with Gasteiger partial charge >= 0.3 is 12.0 Å².